The van der Waals surface area contributed by atoms with Crippen LogP contribution < -0.4 is 11.1 Å². The molecular weight excluding hydrogens is 256 g/mol. The summed E-state index contributed by atoms with van der Waals surface area (Å²) >= 11 is 0. The van der Waals surface area contributed by atoms with Crippen LogP contribution in [0.2, 0.25) is 0 Å². The van der Waals surface area contributed by atoms with Crippen molar-refractivity contribution in [2.45, 2.75) is 54.9 Å². The van der Waals surface area contributed by atoms with Gasteiger partial charge >= 0.3 is 0 Å². The van der Waals surface area contributed by atoms with Crippen LogP contribution in [0.4, 0.5) is 0 Å². The van der Waals surface area contributed by atoms with Gasteiger partial charge < -0.3 is 11.1 Å². The van der Waals surface area contributed by atoms with E-state index in [1.165, 1.54) is 22.3 Å². The molecule has 2 heteroatoms. The van der Waals surface area contributed by atoms with Crippen LogP contribution in [-0.4, -0.2) is 13.1 Å². The molecular formula is C19H34N2. The number of nitrogens with one attached hydrogen (secondary N) is 1. The van der Waals surface area contributed by atoms with Gasteiger partial charge in [0.25, 0.3) is 0 Å². The SMILES string of the molecule is C=C1NCCC(C)(C)C(C(C)C)=C1/C(C)=C(/CN)C(C)C. The summed E-state index contributed by atoms with van der Waals surface area (Å²) in [5, 5.41) is 3.51. The molecule has 120 valence electrons. The second-order valence-corrected chi connectivity index (χ2v) is 7.49. The zero-order chi connectivity index (χ0) is 16.4. The molecule has 0 atom stereocenters. The molecule has 1 heterocycles. The Morgan fingerprint density at radius 3 is 2.29 bits per heavy atom. The minimum atomic E-state index is 0.188. The Balaban J connectivity index is 3.65. The van der Waals surface area contributed by atoms with E-state index in [-0.39, 0.29) is 5.41 Å². The summed E-state index contributed by atoms with van der Waals surface area (Å²) in [6.07, 6.45) is 1.13. The Morgan fingerprint density at radius 1 is 1.29 bits per heavy atom. The molecule has 0 amide bonds. The van der Waals surface area contributed by atoms with Gasteiger partial charge in [-0.05, 0) is 41.7 Å². The fourth-order valence-corrected chi connectivity index (χ4v) is 3.73. The predicted octanol–water partition coefficient (Wildman–Crippen LogP) is 4.40. The Morgan fingerprint density at radius 2 is 1.86 bits per heavy atom. The molecule has 1 aliphatic rings. The van der Waals surface area contributed by atoms with Crippen LogP contribution in [0.5, 0.6) is 0 Å². The van der Waals surface area contributed by atoms with Gasteiger partial charge in [0.15, 0.2) is 0 Å². The number of nitrogens with two attached hydrogens (primary N) is 1. The van der Waals surface area contributed by atoms with Gasteiger partial charge in [0.05, 0.1) is 0 Å². The van der Waals surface area contributed by atoms with Crippen LogP contribution in [0.25, 0.3) is 0 Å². The van der Waals surface area contributed by atoms with Crippen LogP contribution in [0.15, 0.2) is 34.6 Å². The molecule has 1 aliphatic heterocycles. The summed E-state index contributed by atoms with van der Waals surface area (Å²) in [5.74, 6) is 0.975. The lowest BCUT2D eigenvalue weighted by atomic mass is 9.72. The molecule has 3 N–H and O–H groups in total. The largest absolute Gasteiger partial charge is 0.385 e. The lowest BCUT2D eigenvalue weighted by Gasteiger charge is -2.32. The van der Waals surface area contributed by atoms with Gasteiger partial charge in [-0.2, -0.15) is 0 Å². The van der Waals surface area contributed by atoms with Gasteiger partial charge in [-0.25, -0.2) is 0 Å². The summed E-state index contributed by atoms with van der Waals surface area (Å²) in [5.41, 5.74) is 12.8. The molecule has 0 aliphatic carbocycles. The first-order chi connectivity index (χ1) is 9.63. The van der Waals surface area contributed by atoms with E-state index in [1.54, 1.807) is 0 Å². The second kappa shape index (κ2) is 6.83. The molecule has 0 aromatic heterocycles. The van der Waals surface area contributed by atoms with Crippen molar-refractivity contribution in [1.82, 2.24) is 5.32 Å². The van der Waals surface area contributed by atoms with Crippen molar-refractivity contribution >= 4 is 0 Å². The zero-order valence-electron chi connectivity index (χ0n) is 15.1. The van der Waals surface area contributed by atoms with E-state index in [0.29, 0.717) is 18.4 Å². The van der Waals surface area contributed by atoms with Gasteiger partial charge in [0, 0.05) is 18.8 Å². The molecule has 1 rings (SSSR count). The number of hydrogen-bond acceptors (Lipinski definition) is 2. The summed E-state index contributed by atoms with van der Waals surface area (Å²) in [6, 6.07) is 0. The Labute approximate surface area is 131 Å². The average molecular weight is 290 g/mol. The van der Waals surface area contributed by atoms with Crippen molar-refractivity contribution in [3.63, 3.8) is 0 Å². The molecule has 0 bridgehead atoms. The van der Waals surface area contributed by atoms with E-state index in [0.717, 1.165) is 18.7 Å². The highest BCUT2D eigenvalue weighted by atomic mass is 14.9. The van der Waals surface area contributed by atoms with E-state index >= 15 is 0 Å². The van der Waals surface area contributed by atoms with Gasteiger partial charge in [0.2, 0.25) is 0 Å². The number of allylic oxidation sites excluding steroid dienone is 2. The fourth-order valence-electron chi connectivity index (χ4n) is 3.73. The Hall–Kier alpha value is -1.02. The maximum absolute atomic E-state index is 6.02. The third-order valence-corrected chi connectivity index (χ3v) is 4.74. The first-order valence-corrected chi connectivity index (χ1v) is 8.21. The highest BCUT2D eigenvalue weighted by molar-refractivity contribution is 5.52. The quantitative estimate of drug-likeness (QED) is 0.805. The van der Waals surface area contributed by atoms with Crippen molar-refractivity contribution < 1.29 is 0 Å². The Kier molecular flexibility index (Phi) is 5.86. The van der Waals surface area contributed by atoms with E-state index in [9.17, 15) is 0 Å². The van der Waals surface area contributed by atoms with E-state index in [4.69, 9.17) is 5.73 Å². The second-order valence-electron chi connectivity index (χ2n) is 7.49. The molecule has 0 fully saturated rings. The summed E-state index contributed by atoms with van der Waals surface area (Å²) in [6.45, 7) is 21.9. The van der Waals surface area contributed by atoms with Crippen LogP contribution in [0.3, 0.4) is 0 Å². The lowest BCUT2D eigenvalue weighted by Crippen LogP contribution is -2.22. The normalized spacial score (nSPS) is 20.6. The molecule has 2 nitrogen and oxygen atoms in total. The highest BCUT2D eigenvalue weighted by Crippen LogP contribution is 2.43. The summed E-state index contributed by atoms with van der Waals surface area (Å²) < 4.78 is 0. The lowest BCUT2D eigenvalue weighted by molar-refractivity contribution is 0.375. The molecule has 21 heavy (non-hydrogen) atoms. The first-order valence-electron chi connectivity index (χ1n) is 8.21. The third kappa shape index (κ3) is 3.79. The summed E-state index contributed by atoms with van der Waals surface area (Å²) in [4.78, 5) is 0. The van der Waals surface area contributed by atoms with Gasteiger partial charge in [-0.1, -0.05) is 59.3 Å². The van der Waals surface area contributed by atoms with Crippen LogP contribution in [0, 0.1) is 17.3 Å². The molecule has 0 aromatic rings. The van der Waals surface area contributed by atoms with Crippen LogP contribution in [0.1, 0.15) is 54.9 Å². The fraction of sp³-hybridized carbons (Fsp3) is 0.684. The van der Waals surface area contributed by atoms with Crippen LogP contribution in [-0.2, 0) is 0 Å². The monoisotopic (exact) mass is 290 g/mol. The number of rotatable bonds is 4. The number of hydrogen-bond donors (Lipinski definition) is 2. The average Bonchev–Trinajstić information content (AvgIpc) is 2.45. The van der Waals surface area contributed by atoms with Crippen molar-refractivity contribution in [1.29, 1.82) is 0 Å². The highest BCUT2D eigenvalue weighted by Gasteiger charge is 2.32. The minimum absolute atomic E-state index is 0.188. The van der Waals surface area contributed by atoms with Gasteiger partial charge in [-0.3, -0.25) is 0 Å². The molecule has 0 aromatic carbocycles. The van der Waals surface area contributed by atoms with Crippen molar-refractivity contribution in [3.8, 4) is 0 Å². The van der Waals surface area contributed by atoms with Crippen LogP contribution >= 0.6 is 0 Å². The van der Waals surface area contributed by atoms with Crippen molar-refractivity contribution in [2.24, 2.45) is 23.0 Å². The molecule has 0 spiro atoms. The minimum Gasteiger partial charge on any atom is -0.385 e. The molecule has 0 saturated carbocycles. The predicted molar refractivity (Wildman–Crippen MR) is 94.0 cm³/mol. The molecule has 0 radical (unpaired) electrons. The molecule has 0 saturated heterocycles. The van der Waals surface area contributed by atoms with E-state index < -0.39 is 0 Å². The van der Waals surface area contributed by atoms with E-state index in [1.807, 2.05) is 0 Å². The maximum Gasteiger partial charge on any atom is 0.0343 e. The Bertz CT molecular complexity index is 462. The van der Waals surface area contributed by atoms with Crippen molar-refractivity contribution in [2.75, 3.05) is 13.1 Å². The zero-order valence-corrected chi connectivity index (χ0v) is 15.1. The van der Waals surface area contributed by atoms with E-state index in [2.05, 4.69) is 60.4 Å². The van der Waals surface area contributed by atoms with Gasteiger partial charge in [-0.15, -0.1) is 0 Å². The standard InChI is InChI=1S/C19H34N2/c1-12(2)16(11-20)14(5)17-15(6)21-10-9-19(7,8)18(17)13(3)4/h12-13,21H,6,9-11,20H2,1-5,7-8H3/b16-14-. The smallest absolute Gasteiger partial charge is 0.0343 e. The maximum atomic E-state index is 6.02. The van der Waals surface area contributed by atoms with Gasteiger partial charge in [0.1, 0.15) is 0 Å². The van der Waals surface area contributed by atoms with Crippen molar-refractivity contribution in [3.05, 3.63) is 34.6 Å². The summed E-state index contributed by atoms with van der Waals surface area (Å²) in [7, 11) is 0. The third-order valence-electron chi connectivity index (χ3n) is 4.74. The first kappa shape index (κ1) is 18.0. The topological polar surface area (TPSA) is 38.0 Å². The molecule has 0 unspecified atom stereocenters.